The van der Waals surface area contributed by atoms with Gasteiger partial charge in [0.05, 0.1) is 23.1 Å². The number of ether oxygens (including phenoxy) is 1. The van der Waals surface area contributed by atoms with Crippen molar-refractivity contribution in [1.82, 2.24) is 29.7 Å². The van der Waals surface area contributed by atoms with Gasteiger partial charge in [0.25, 0.3) is 0 Å². The number of anilines is 2. The summed E-state index contributed by atoms with van der Waals surface area (Å²) in [6.07, 6.45) is 3.52. The molecule has 1 aliphatic rings. The molecule has 1 aliphatic heterocycles. The fraction of sp³-hybridized carbons (Fsp3) is 0.280. The number of aryl methyl sites for hydroxylation is 1. The van der Waals surface area contributed by atoms with Gasteiger partial charge in [-0.1, -0.05) is 28.4 Å². The first-order valence-corrected chi connectivity index (χ1v) is 12.7. The Hall–Kier alpha value is -4.00. The van der Waals surface area contributed by atoms with Crippen molar-refractivity contribution < 1.29 is 19.1 Å². The summed E-state index contributed by atoms with van der Waals surface area (Å²) in [5, 5.41) is 16.3. The number of carbonyl (C=O) groups excluding carboxylic acids is 3. The van der Waals surface area contributed by atoms with E-state index in [1.54, 1.807) is 41.1 Å². The molecule has 0 saturated carbocycles. The Morgan fingerprint density at radius 2 is 1.90 bits per heavy atom. The van der Waals surface area contributed by atoms with E-state index in [4.69, 9.17) is 27.9 Å². The van der Waals surface area contributed by atoms with Crippen LogP contribution >= 0.6 is 23.2 Å². The number of aromatic nitrogens is 5. The smallest absolute Gasteiger partial charge is 0.247 e. The van der Waals surface area contributed by atoms with Gasteiger partial charge in [-0.25, -0.2) is 4.68 Å². The number of rotatable bonds is 8. The molecule has 1 saturated heterocycles. The number of nitrogens with zero attached hydrogens (tertiary/aromatic N) is 7. The Balaban J connectivity index is 1.38. The van der Waals surface area contributed by atoms with Crippen molar-refractivity contribution in [3.05, 3.63) is 59.0 Å². The minimum absolute atomic E-state index is 0.165. The predicted octanol–water partition coefficient (Wildman–Crippen LogP) is 2.68. The number of piperazine rings is 1. The number of methoxy groups -OCH3 is 1. The molecular formula is C25H24Cl2N8O4. The third-order valence-electron chi connectivity index (χ3n) is 6.32. The fourth-order valence-corrected chi connectivity index (χ4v) is 4.81. The highest BCUT2D eigenvalue weighted by molar-refractivity contribution is 6.31. The van der Waals surface area contributed by atoms with Crippen LogP contribution in [0.3, 0.4) is 0 Å². The normalized spacial score (nSPS) is 14.8. The van der Waals surface area contributed by atoms with E-state index in [0.717, 1.165) is 10.9 Å². The van der Waals surface area contributed by atoms with E-state index >= 15 is 0 Å². The molecule has 0 aliphatic carbocycles. The molecule has 3 heterocycles. The van der Waals surface area contributed by atoms with Crippen LogP contribution in [-0.2, 0) is 26.2 Å². The SMILES string of the molecule is COCC[C@H](C(=O)Nc1ccc2nn(C)cc2c1)N1CC(=O)N(c2cc(Cl)ccc2-n2cc(Cl)nn2)CC1=O. The Morgan fingerprint density at radius 3 is 2.64 bits per heavy atom. The van der Waals surface area contributed by atoms with Gasteiger partial charge in [-0.15, -0.1) is 5.10 Å². The van der Waals surface area contributed by atoms with E-state index in [1.165, 1.54) is 27.8 Å². The molecule has 0 spiro atoms. The van der Waals surface area contributed by atoms with Crippen molar-refractivity contribution in [3.63, 3.8) is 0 Å². The zero-order valence-corrected chi connectivity index (χ0v) is 22.6. The maximum Gasteiger partial charge on any atom is 0.247 e. The topological polar surface area (TPSA) is 127 Å². The quantitative estimate of drug-likeness (QED) is 0.345. The zero-order chi connectivity index (χ0) is 27.7. The lowest BCUT2D eigenvalue weighted by Crippen LogP contribution is -2.59. The summed E-state index contributed by atoms with van der Waals surface area (Å²) >= 11 is 12.2. The van der Waals surface area contributed by atoms with Gasteiger partial charge in [0.2, 0.25) is 17.7 Å². The minimum atomic E-state index is -0.930. The van der Waals surface area contributed by atoms with Crippen LogP contribution in [0.5, 0.6) is 0 Å². The summed E-state index contributed by atoms with van der Waals surface area (Å²) in [7, 11) is 3.32. The first kappa shape index (κ1) is 26.6. The molecule has 0 unspecified atom stereocenters. The lowest BCUT2D eigenvalue weighted by atomic mass is 10.1. The molecular weight excluding hydrogens is 547 g/mol. The van der Waals surface area contributed by atoms with Crippen LogP contribution in [0.4, 0.5) is 11.4 Å². The first-order valence-electron chi connectivity index (χ1n) is 11.9. The Bertz CT molecular complexity index is 1570. The van der Waals surface area contributed by atoms with Gasteiger partial charge in [0, 0.05) is 49.5 Å². The molecule has 202 valence electrons. The van der Waals surface area contributed by atoms with Gasteiger partial charge in [-0.3, -0.25) is 24.0 Å². The average molecular weight is 571 g/mol. The molecule has 2 aromatic heterocycles. The van der Waals surface area contributed by atoms with Crippen LogP contribution in [0.15, 0.2) is 48.8 Å². The zero-order valence-electron chi connectivity index (χ0n) is 21.0. The summed E-state index contributed by atoms with van der Waals surface area (Å²) in [5.74, 6) is -1.22. The van der Waals surface area contributed by atoms with Crippen molar-refractivity contribution in [2.45, 2.75) is 12.5 Å². The molecule has 1 fully saturated rings. The van der Waals surface area contributed by atoms with E-state index < -0.39 is 23.8 Å². The highest BCUT2D eigenvalue weighted by Crippen LogP contribution is 2.30. The number of fused-ring (bicyclic) bond motifs is 1. The van der Waals surface area contributed by atoms with Crippen LogP contribution in [0.1, 0.15) is 6.42 Å². The van der Waals surface area contributed by atoms with E-state index in [9.17, 15) is 14.4 Å². The molecule has 1 N–H and O–H groups in total. The average Bonchev–Trinajstić information content (AvgIpc) is 3.50. The predicted molar refractivity (Wildman–Crippen MR) is 145 cm³/mol. The van der Waals surface area contributed by atoms with Crippen molar-refractivity contribution in [2.75, 3.05) is 37.0 Å². The lowest BCUT2D eigenvalue weighted by Gasteiger charge is -2.38. The van der Waals surface area contributed by atoms with Gasteiger partial charge in [-0.05, 0) is 36.4 Å². The molecule has 39 heavy (non-hydrogen) atoms. The van der Waals surface area contributed by atoms with Gasteiger partial charge in [0.1, 0.15) is 19.1 Å². The highest BCUT2D eigenvalue weighted by Gasteiger charge is 2.38. The second-order valence-corrected chi connectivity index (χ2v) is 9.81. The number of hydrogen-bond acceptors (Lipinski definition) is 7. The lowest BCUT2D eigenvalue weighted by molar-refractivity contribution is -0.144. The first-order chi connectivity index (χ1) is 18.7. The summed E-state index contributed by atoms with van der Waals surface area (Å²) in [5.41, 5.74) is 2.17. The number of benzene rings is 2. The number of amides is 3. The Morgan fingerprint density at radius 1 is 1.08 bits per heavy atom. The van der Waals surface area contributed by atoms with Crippen LogP contribution in [-0.4, -0.2) is 80.2 Å². The van der Waals surface area contributed by atoms with Crippen LogP contribution in [0.25, 0.3) is 16.6 Å². The Labute approximate surface area is 233 Å². The second-order valence-electron chi connectivity index (χ2n) is 8.98. The second kappa shape index (κ2) is 11.0. The number of halogens is 2. The number of carbonyl (C=O) groups is 3. The molecule has 1 atom stereocenters. The number of hydrogen-bond donors (Lipinski definition) is 1. The van der Waals surface area contributed by atoms with Gasteiger partial charge >= 0.3 is 0 Å². The summed E-state index contributed by atoms with van der Waals surface area (Å²) < 4.78 is 8.27. The van der Waals surface area contributed by atoms with Crippen molar-refractivity contribution in [2.24, 2.45) is 7.05 Å². The standard InChI is InChI=1S/C25H24Cl2N8O4/c1-32-11-15-9-17(4-5-18(15)30-32)28-25(38)20(7-8-39-2)33-13-24(37)34(14-23(33)36)21-10-16(26)3-6-19(21)35-12-22(27)29-31-35/h3-6,9-12,20H,7-8,13-14H2,1-2H3,(H,28,38)/t20-/m1/s1. The van der Waals surface area contributed by atoms with E-state index in [0.29, 0.717) is 22.1 Å². The third-order valence-corrected chi connectivity index (χ3v) is 6.73. The van der Waals surface area contributed by atoms with E-state index in [2.05, 4.69) is 20.7 Å². The highest BCUT2D eigenvalue weighted by atomic mass is 35.5. The molecule has 0 radical (unpaired) electrons. The van der Waals surface area contributed by atoms with Crippen molar-refractivity contribution in [1.29, 1.82) is 0 Å². The van der Waals surface area contributed by atoms with Crippen molar-refractivity contribution >= 4 is 63.2 Å². The van der Waals surface area contributed by atoms with Gasteiger partial charge in [0.15, 0.2) is 5.15 Å². The van der Waals surface area contributed by atoms with Crippen LogP contribution < -0.4 is 10.2 Å². The van der Waals surface area contributed by atoms with Crippen LogP contribution in [0.2, 0.25) is 10.2 Å². The number of nitrogens with one attached hydrogen (secondary N) is 1. The fourth-order valence-electron chi connectivity index (χ4n) is 4.52. The molecule has 4 aromatic rings. The summed E-state index contributed by atoms with van der Waals surface area (Å²) in [4.78, 5) is 42.8. The molecule has 5 rings (SSSR count). The summed E-state index contributed by atoms with van der Waals surface area (Å²) in [6, 6.07) is 9.26. The molecule has 14 heteroatoms. The maximum atomic E-state index is 13.4. The molecule has 0 bridgehead atoms. The van der Waals surface area contributed by atoms with Crippen LogP contribution in [0, 0.1) is 0 Å². The largest absolute Gasteiger partial charge is 0.385 e. The monoisotopic (exact) mass is 570 g/mol. The minimum Gasteiger partial charge on any atom is -0.385 e. The Kier molecular flexibility index (Phi) is 7.51. The maximum absolute atomic E-state index is 13.4. The molecule has 3 amide bonds. The van der Waals surface area contributed by atoms with Crippen molar-refractivity contribution in [3.8, 4) is 5.69 Å². The molecule has 12 nitrogen and oxygen atoms in total. The van der Waals surface area contributed by atoms with Gasteiger partial charge in [-0.2, -0.15) is 5.10 Å². The van der Waals surface area contributed by atoms with Gasteiger partial charge < -0.3 is 15.0 Å². The summed E-state index contributed by atoms with van der Waals surface area (Å²) in [6.45, 7) is -0.397. The van der Waals surface area contributed by atoms with E-state index in [-0.39, 0.29) is 31.3 Å². The molecule has 2 aromatic carbocycles. The van der Waals surface area contributed by atoms with E-state index in [1.807, 2.05) is 13.2 Å². The third kappa shape index (κ3) is 5.58.